The van der Waals surface area contributed by atoms with E-state index in [0.29, 0.717) is 23.2 Å². The molecular formula is C28H29FN4O3S. The van der Waals surface area contributed by atoms with Gasteiger partial charge in [-0.3, -0.25) is 4.79 Å². The highest BCUT2D eigenvalue weighted by atomic mass is 32.2. The van der Waals surface area contributed by atoms with Gasteiger partial charge in [-0.25, -0.2) is 17.1 Å². The topological polar surface area (TPSA) is 97.4 Å². The van der Waals surface area contributed by atoms with E-state index < -0.39 is 15.9 Å². The van der Waals surface area contributed by atoms with Gasteiger partial charge in [-0.1, -0.05) is 36.4 Å². The molecule has 0 saturated heterocycles. The van der Waals surface area contributed by atoms with Crippen molar-refractivity contribution in [2.24, 2.45) is 5.73 Å². The lowest BCUT2D eigenvalue weighted by Crippen LogP contribution is -2.22. The van der Waals surface area contributed by atoms with E-state index in [4.69, 9.17) is 5.73 Å². The monoisotopic (exact) mass is 520 g/mol. The van der Waals surface area contributed by atoms with Gasteiger partial charge in [-0.2, -0.15) is 0 Å². The molecule has 1 aromatic heterocycles. The number of anilines is 1. The Morgan fingerprint density at radius 2 is 1.78 bits per heavy atom. The average Bonchev–Trinajstić information content (AvgIpc) is 3.15. The molecule has 37 heavy (non-hydrogen) atoms. The minimum absolute atomic E-state index is 0.0588. The molecule has 0 radical (unpaired) electrons. The van der Waals surface area contributed by atoms with Crippen molar-refractivity contribution in [1.82, 2.24) is 8.87 Å². The summed E-state index contributed by atoms with van der Waals surface area (Å²) in [5.41, 5.74) is 9.50. The van der Waals surface area contributed by atoms with Gasteiger partial charge in [-0.05, 0) is 55.0 Å². The molecule has 7 nitrogen and oxygen atoms in total. The number of carbonyl (C=O) groups excluding carboxylic acids is 1. The van der Waals surface area contributed by atoms with E-state index in [0.717, 1.165) is 26.6 Å². The van der Waals surface area contributed by atoms with Crippen LogP contribution < -0.4 is 11.1 Å². The van der Waals surface area contributed by atoms with Crippen molar-refractivity contribution in [1.29, 1.82) is 0 Å². The van der Waals surface area contributed by atoms with Gasteiger partial charge < -0.3 is 15.6 Å². The Morgan fingerprint density at radius 3 is 2.46 bits per heavy atom. The number of halogens is 1. The van der Waals surface area contributed by atoms with Gasteiger partial charge in [0.15, 0.2) is 0 Å². The van der Waals surface area contributed by atoms with E-state index in [1.165, 1.54) is 20.2 Å². The first-order valence-corrected chi connectivity index (χ1v) is 13.1. The molecule has 1 amide bonds. The van der Waals surface area contributed by atoms with Gasteiger partial charge in [0.1, 0.15) is 5.83 Å². The highest BCUT2D eigenvalue weighted by Crippen LogP contribution is 2.36. The Kier molecular flexibility index (Phi) is 7.47. The van der Waals surface area contributed by atoms with Gasteiger partial charge in [0.25, 0.3) is 0 Å². The number of aromatic nitrogens is 1. The number of rotatable bonds is 9. The van der Waals surface area contributed by atoms with E-state index >= 15 is 4.39 Å². The van der Waals surface area contributed by atoms with Crippen molar-refractivity contribution in [3.8, 4) is 11.1 Å². The molecule has 9 heteroatoms. The van der Waals surface area contributed by atoms with Crippen molar-refractivity contribution in [3.63, 3.8) is 0 Å². The maximum absolute atomic E-state index is 15.1. The van der Waals surface area contributed by atoms with Crippen LogP contribution in [-0.2, 0) is 16.6 Å². The Bertz CT molecular complexity index is 1590. The van der Waals surface area contributed by atoms with Gasteiger partial charge in [0.2, 0.25) is 15.9 Å². The first kappa shape index (κ1) is 26.1. The van der Waals surface area contributed by atoms with Gasteiger partial charge in [-0.15, -0.1) is 0 Å². The van der Waals surface area contributed by atoms with E-state index in [1.54, 1.807) is 41.0 Å². The summed E-state index contributed by atoms with van der Waals surface area (Å²) in [6, 6.07) is 21.2. The second kappa shape index (κ2) is 10.6. The number of allylic oxidation sites excluding steroid dienone is 1. The molecule has 3 N–H and O–H groups in total. The number of primary amides is 1. The fourth-order valence-corrected chi connectivity index (χ4v) is 5.22. The van der Waals surface area contributed by atoms with Gasteiger partial charge >= 0.3 is 0 Å². The lowest BCUT2D eigenvalue weighted by molar-refractivity contribution is 0.100. The second-order valence-corrected chi connectivity index (χ2v) is 11.0. The lowest BCUT2D eigenvalue weighted by atomic mass is 10.0. The van der Waals surface area contributed by atoms with Crippen LogP contribution >= 0.6 is 0 Å². The molecule has 0 aliphatic heterocycles. The van der Waals surface area contributed by atoms with E-state index in [2.05, 4.69) is 5.32 Å². The largest absolute Gasteiger partial charge is 0.381 e. The third kappa shape index (κ3) is 5.42. The number of benzene rings is 3. The molecule has 0 spiro atoms. The maximum atomic E-state index is 15.1. The minimum atomic E-state index is -3.65. The average molecular weight is 521 g/mol. The summed E-state index contributed by atoms with van der Waals surface area (Å²) in [6.45, 7) is 2.09. The van der Waals surface area contributed by atoms with Crippen molar-refractivity contribution < 1.29 is 17.6 Å². The first-order valence-electron chi connectivity index (χ1n) is 11.7. The number of nitrogens with two attached hydrogens (primary N) is 1. The SMILES string of the molecule is Cc1c(-c2cccc(S(=O)(=O)N(C)C)c2)c2ccc(C(N)=O)cc2n1C/C(F)=C/CNc1ccccc1. The van der Waals surface area contributed by atoms with Gasteiger partial charge in [0.05, 0.1) is 17.0 Å². The lowest BCUT2D eigenvalue weighted by Gasteiger charge is -2.13. The molecule has 0 fully saturated rings. The van der Waals surface area contributed by atoms with Crippen molar-refractivity contribution >= 4 is 32.5 Å². The van der Waals surface area contributed by atoms with Crippen LogP contribution in [0.15, 0.2) is 89.6 Å². The Balaban J connectivity index is 1.77. The number of hydrogen-bond donors (Lipinski definition) is 2. The summed E-state index contributed by atoms with van der Waals surface area (Å²) in [5, 5.41) is 3.91. The van der Waals surface area contributed by atoms with Crippen LogP contribution in [0.2, 0.25) is 0 Å². The molecule has 1 heterocycles. The Labute approximate surface area is 216 Å². The van der Waals surface area contributed by atoms with Crippen LogP contribution in [0, 0.1) is 6.92 Å². The molecule has 4 aromatic rings. The summed E-state index contributed by atoms with van der Waals surface area (Å²) in [7, 11) is -0.691. The van der Waals surface area contributed by atoms with Crippen LogP contribution in [-0.4, -0.2) is 43.8 Å². The van der Waals surface area contributed by atoms with Crippen LogP contribution in [0.4, 0.5) is 10.1 Å². The number of amides is 1. The predicted octanol–water partition coefficient (Wildman–Crippen LogP) is 4.93. The maximum Gasteiger partial charge on any atom is 0.248 e. The molecule has 0 saturated carbocycles. The van der Waals surface area contributed by atoms with Crippen LogP contribution in [0.25, 0.3) is 22.0 Å². The van der Waals surface area contributed by atoms with Crippen molar-refractivity contribution in [3.05, 3.63) is 96.0 Å². The number of para-hydroxylation sites is 1. The number of nitrogens with one attached hydrogen (secondary N) is 1. The fourth-order valence-electron chi connectivity index (χ4n) is 4.27. The zero-order valence-electron chi connectivity index (χ0n) is 20.9. The zero-order chi connectivity index (χ0) is 26.7. The summed E-state index contributed by atoms with van der Waals surface area (Å²) in [6.07, 6.45) is 1.47. The third-order valence-electron chi connectivity index (χ3n) is 6.22. The predicted molar refractivity (Wildman–Crippen MR) is 146 cm³/mol. The van der Waals surface area contributed by atoms with Crippen molar-refractivity contribution in [2.45, 2.75) is 18.4 Å². The number of sulfonamides is 1. The molecule has 192 valence electrons. The molecule has 0 atom stereocenters. The number of carbonyl (C=O) groups is 1. The number of nitrogens with zero attached hydrogens (tertiary/aromatic N) is 2. The summed E-state index contributed by atoms with van der Waals surface area (Å²) < 4.78 is 43.5. The molecule has 0 aliphatic rings. The van der Waals surface area contributed by atoms with Crippen LogP contribution in [0.3, 0.4) is 0 Å². The zero-order valence-corrected chi connectivity index (χ0v) is 21.7. The smallest absolute Gasteiger partial charge is 0.248 e. The van der Waals surface area contributed by atoms with Gasteiger partial charge in [0, 0.05) is 48.5 Å². The van der Waals surface area contributed by atoms with Crippen LogP contribution in [0.1, 0.15) is 16.1 Å². The molecule has 0 unspecified atom stereocenters. The van der Waals surface area contributed by atoms with E-state index in [9.17, 15) is 13.2 Å². The van der Waals surface area contributed by atoms with Crippen molar-refractivity contribution in [2.75, 3.05) is 26.0 Å². The van der Waals surface area contributed by atoms with E-state index in [-0.39, 0.29) is 17.3 Å². The normalized spacial score (nSPS) is 12.3. The molecule has 0 bridgehead atoms. The van der Waals surface area contributed by atoms with Crippen LogP contribution in [0.5, 0.6) is 0 Å². The minimum Gasteiger partial charge on any atom is -0.381 e. The highest BCUT2D eigenvalue weighted by Gasteiger charge is 2.21. The molecule has 4 rings (SSSR count). The Hall–Kier alpha value is -3.95. The quantitative estimate of drug-likeness (QED) is 0.327. The molecule has 3 aromatic carbocycles. The second-order valence-electron chi connectivity index (χ2n) is 8.86. The number of fused-ring (bicyclic) bond motifs is 1. The van der Waals surface area contributed by atoms with E-state index in [1.807, 2.05) is 43.3 Å². The summed E-state index contributed by atoms with van der Waals surface area (Å²) >= 11 is 0. The fraction of sp³-hybridized carbons (Fsp3) is 0.179. The highest BCUT2D eigenvalue weighted by molar-refractivity contribution is 7.89. The first-order chi connectivity index (χ1) is 17.6. The molecular weight excluding hydrogens is 491 g/mol. The standard InChI is InChI=1S/C28H29FN4O3S/c1-19-27(20-8-7-11-24(16-20)37(35,36)32(2)3)25-13-12-21(28(30)34)17-26(25)33(19)18-22(29)14-15-31-23-9-5-4-6-10-23/h4-14,16-17,31H,15,18H2,1-3H3,(H2,30,34)/b22-14-. The Morgan fingerprint density at radius 1 is 1.05 bits per heavy atom. The summed E-state index contributed by atoms with van der Waals surface area (Å²) in [4.78, 5) is 12.0. The number of hydrogen-bond acceptors (Lipinski definition) is 4. The summed E-state index contributed by atoms with van der Waals surface area (Å²) in [5.74, 6) is -0.945. The molecule has 0 aliphatic carbocycles. The third-order valence-corrected chi connectivity index (χ3v) is 8.03.